The minimum Gasteiger partial charge on any atom is -0.463 e. The number of hydrogen-bond acceptors (Lipinski definition) is 8. The molecule has 2 aromatic heterocycles. The van der Waals surface area contributed by atoms with Crippen LogP contribution >= 0.6 is 0 Å². The highest BCUT2D eigenvalue weighted by molar-refractivity contribution is 5.83. The van der Waals surface area contributed by atoms with Gasteiger partial charge in [0.25, 0.3) is 0 Å². The number of benzene rings is 1. The molecule has 1 fully saturated rings. The average molecular weight is 498 g/mol. The van der Waals surface area contributed by atoms with Gasteiger partial charge in [-0.1, -0.05) is 43.7 Å². The molecule has 1 aliphatic rings. The Kier molecular flexibility index (Phi) is 10.1. The van der Waals surface area contributed by atoms with Crippen LogP contribution in [-0.2, 0) is 17.8 Å². The summed E-state index contributed by atoms with van der Waals surface area (Å²) in [7, 11) is 0. The van der Waals surface area contributed by atoms with Crippen LogP contribution < -0.4 is 21.1 Å². The summed E-state index contributed by atoms with van der Waals surface area (Å²) >= 11 is 0. The Morgan fingerprint density at radius 1 is 1.06 bits per heavy atom. The van der Waals surface area contributed by atoms with E-state index in [9.17, 15) is 4.79 Å². The van der Waals surface area contributed by atoms with E-state index >= 15 is 0 Å². The topological polar surface area (TPSA) is 109 Å². The van der Waals surface area contributed by atoms with Crippen molar-refractivity contribution >= 4 is 17.0 Å². The number of nitrogens with zero attached hydrogens (tertiary/aromatic N) is 4. The van der Waals surface area contributed by atoms with Gasteiger partial charge in [-0.25, -0.2) is 4.79 Å². The van der Waals surface area contributed by atoms with Gasteiger partial charge in [-0.05, 0) is 44.5 Å². The number of H-pyrrole nitrogens is 1. The van der Waals surface area contributed by atoms with Crippen molar-refractivity contribution < 1.29 is 9.47 Å². The molecular formula is C26H39N7O3. The Bertz CT molecular complexity index is 1110. The maximum atomic E-state index is 12.8. The number of fused-ring (bicyclic) bond motifs is 1. The molecule has 3 N–H and O–H groups in total. The van der Waals surface area contributed by atoms with Crippen molar-refractivity contribution in [3.63, 3.8) is 0 Å². The lowest BCUT2D eigenvalue weighted by Crippen LogP contribution is -2.37. The van der Waals surface area contributed by atoms with E-state index in [1.165, 1.54) is 0 Å². The van der Waals surface area contributed by atoms with Crippen LogP contribution in [0.1, 0.15) is 38.2 Å². The van der Waals surface area contributed by atoms with E-state index in [0.29, 0.717) is 42.7 Å². The molecule has 1 aromatic carbocycles. The lowest BCUT2D eigenvalue weighted by atomic mass is 10.2. The van der Waals surface area contributed by atoms with E-state index in [-0.39, 0.29) is 5.69 Å². The highest BCUT2D eigenvalue weighted by Crippen LogP contribution is 2.21. The van der Waals surface area contributed by atoms with Crippen LogP contribution in [0.5, 0.6) is 6.01 Å². The summed E-state index contributed by atoms with van der Waals surface area (Å²) in [5.41, 5.74) is 2.13. The maximum Gasteiger partial charge on any atom is 0.327 e. The van der Waals surface area contributed by atoms with Crippen LogP contribution in [0.4, 0.5) is 5.82 Å². The maximum absolute atomic E-state index is 12.8. The molecule has 1 saturated heterocycles. The Morgan fingerprint density at radius 3 is 2.61 bits per heavy atom. The van der Waals surface area contributed by atoms with Crippen molar-refractivity contribution in [2.24, 2.45) is 0 Å². The molecule has 0 spiro atoms. The number of anilines is 1. The lowest BCUT2D eigenvalue weighted by molar-refractivity contribution is 0.0374. The third-order valence-corrected chi connectivity index (χ3v) is 6.30. The molecule has 0 amide bonds. The van der Waals surface area contributed by atoms with Crippen molar-refractivity contribution in [1.82, 2.24) is 29.7 Å². The van der Waals surface area contributed by atoms with Crippen LogP contribution in [0.15, 0.2) is 35.1 Å². The van der Waals surface area contributed by atoms with Gasteiger partial charge in [0.05, 0.1) is 19.8 Å². The van der Waals surface area contributed by atoms with Crippen molar-refractivity contribution in [3.8, 4) is 6.01 Å². The Morgan fingerprint density at radius 2 is 1.83 bits per heavy atom. The molecule has 0 atom stereocenters. The van der Waals surface area contributed by atoms with Gasteiger partial charge in [0, 0.05) is 26.2 Å². The number of aryl methyl sites for hydroxylation is 1. The fraction of sp³-hybridized carbons (Fsp3) is 0.577. The van der Waals surface area contributed by atoms with Gasteiger partial charge in [0.15, 0.2) is 11.5 Å². The monoisotopic (exact) mass is 497 g/mol. The van der Waals surface area contributed by atoms with E-state index in [1.54, 1.807) is 4.57 Å². The number of aromatic amines is 1. The van der Waals surface area contributed by atoms with Crippen molar-refractivity contribution in [1.29, 1.82) is 0 Å². The van der Waals surface area contributed by atoms with E-state index < -0.39 is 0 Å². The molecule has 1 aliphatic heterocycles. The van der Waals surface area contributed by atoms with Crippen molar-refractivity contribution in [3.05, 3.63) is 46.4 Å². The predicted octanol–water partition coefficient (Wildman–Crippen LogP) is 2.61. The molecule has 0 radical (unpaired) electrons. The van der Waals surface area contributed by atoms with Crippen molar-refractivity contribution in [2.75, 3.05) is 57.9 Å². The van der Waals surface area contributed by atoms with Crippen LogP contribution in [0.3, 0.4) is 0 Å². The predicted molar refractivity (Wildman–Crippen MR) is 142 cm³/mol. The van der Waals surface area contributed by atoms with Gasteiger partial charge in [-0.3, -0.25) is 9.47 Å². The van der Waals surface area contributed by atoms with Gasteiger partial charge in [0.1, 0.15) is 5.52 Å². The van der Waals surface area contributed by atoms with Gasteiger partial charge >= 0.3 is 11.7 Å². The molecule has 10 heteroatoms. The minimum absolute atomic E-state index is 0.180. The van der Waals surface area contributed by atoms with Crippen LogP contribution in [-0.4, -0.2) is 77.0 Å². The third-order valence-electron chi connectivity index (χ3n) is 6.30. The zero-order valence-electron chi connectivity index (χ0n) is 21.3. The first-order valence-electron chi connectivity index (χ1n) is 13.2. The number of nitrogens with one attached hydrogen (secondary N) is 3. The second kappa shape index (κ2) is 14.0. The van der Waals surface area contributed by atoms with Gasteiger partial charge in [-0.15, -0.1) is 0 Å². The van der Waals surface area contributed by atoms with Crippen LogP contribution in [0.25, 0.3) is 11.2 Å². The van der Waals surface area contributed by atoms with Gasteiger partial charge in [0.2, 0.25) is 0 Å². The number of rotatable bonds is 15. The third kappa shape index (κ3) is 7.52. The molecule has 36 heavy (non-hydrogen) atoms. The Balaban J connectivity index is 1.36. The molecule has 0 aliphatic carbocycles. The number of aromatic nitrogens is 4. The van der Waals surface area contributed by atoms with E-state index in [2.05, 4.69) is 37.4 Å². The number of unbranched alkanes of at least 4 members (excludes halogenated alkanes) is 1. The molecular weight excluding hydrogens is 458 g/mol. The standard InChI is InChI=1S/C26H39N7O3/c1-2-3-17-36-25-30-23(28-20-21-9-5-4-6-10-21)22-24(31-25)33(26(34)29-22)14-8-12-27-11-7-13-32-15-18-35-19-16-32/h4-6,9-10,27H,2-3,7-8,11-20H2,1H3,(H,29,34)(H,28,30,31). The average Bonchev–Trinajstić information content (AvgIpc) is 3.23. The molecule has 3 aromatic rings. The summed E-state index contributed by atoms with van der Waals surface area (Å²) in [6.45, 7) is 10.4. The second-order valence-corrected chi connectivity index (χ2v) is 9.09. The lowest BCUT2D eigenvalue weighted by Gasteiger charge is -2.26. The largest absolute Gasteiger partial charge is 0.463 e. The highest BCUT2D eigenvalue weighted by atomic mass is 16.5. The Labute approximate surface area is 212 Å². The molecule has 0 unspecified atom stereocenters. The summed E-state index contributed by atoms with van der Waals surface area (Å²) in [4.78, 5) is 27.4. The molecule has 4 rings (SSSR count). The fourth-order valence-corrected chi connectivity index (χ4v) is 4.24. The molecule has 196 valence electrons. The highest BCUT2D eigenvalue weighted by Gasteiger charge is 2.16. The molecule has 0 bridgehead atoms. The first-order valence-corrected chi connectivity index (χ1v) is 13.2. The minimum atomic E-state index is -0.180. The Hall–Kier alpha value is -2.95. The SMILES string of the molecule is CCCCOc1nc(NCc2ccccc2)c2[nH]c(=O)n(CCCNCCCN3CCOCC3)c2n1. The van der Waals surface area contributed by atoms with E-state index in [1.807, 2.05) is 30.3 Å². The van der Waals surface area contributed by atoms with E-state index in [0.717, 1.165) is 77.2 Å². The molecule has 10 nitrogen and oxygen atoms in total. The fourth-order valence-electron chi connectivity index (χ4n) is 4.24. The zero-order valence-corrected chi connectivity index (χ0v) is 21.3. The number of imidazole rings is 1. The number of morpholine rings is 1. The first kappa shape index (κ1) is 26.1. The molecule has 0 saturated carbocycles. The van der Waals surface area contributed by atoms with Gasteiger partial charge in [-0.2, -0.15) is 9.97 Å². The zero-order chi connectivity index (χ0) is 25.0. The summed E-state index contributed by atoms with van der Waals surface area (Å²) in [6, 6.07) is 10.4. The summed E-state index contributed by atoms with van der Waals surface area (Å²) in [5.74, 6) is 0.576. The van der Waals surface area contributed by atoms with Gasteiger partial charge < -0.3 is 25.1 Å². The summed E-state index contributed by atoms with van der Waals surface area (Å²) in [5, 5.41) is 6.85. The summed E-state index contributed by atoms with van der Waals surface area (Å²) in [6.07, 6.45) is 3.88. The van der Waals surface area contributed by atoms with E-state index in [4.69, 9.17) is 9.47 Å². The first-order chi connectivity index (χ1) is 17.7. The summed E-state index contributed by atoms with van der Waals surface area (Å²) < 4.78 is 12.9. The van der Waals surface area contributed by atoms with Crippen LogP contribution in [0.2, 0.25) is 0 Å². The van der Waals surface area contributed by atoms with Crippen molar-refractivity contribution in [2.45, 2.75) is 45.7 Å². The number of ether oxygens (including phenoxy) is 2. The van der Waals surface area contributed by atoms with Crippen LogP contribution in [0, 0.1) is 0 Å². The molecule has 3 heterocycles. The smallest absolute Gasteiger partial charge is 0.327 e. The normalized spacial score (nSPS) is 14.4. The number of hydrogen-bond donors (Lipinski definition) is 3. The second-order valence-electron chi connectivity index (χ2n) is 9.09. The quantitative estimate of drug-likeness (QED) is 0.275.